The van der Waals surface area contributed by atoms with Gasteiger partial charge in [-0.15, -0.1) is 0 Å². The fraction of sp³-hybridized carbons (Fsp3) is 0.533. The molecule has 0 spiro atoms. The normalized spacial score (nSPS) is 18.3. The van der Waals surface area contributed by atoms with Crippen molar-refractivity contribution in [1.82, 2.24) is 4.90 Å². The SMILES string of the molecule is O=C(CCO)N1CCC(O)(Cc2ccccc2)CC1. The standard InChI is InChI=1S/C15H21NO3/c17-11-6-14(18)16-9-7-15(19,8-10-16)12-13-4-2-1-3-5-13/h1-5,17,19H,6-12H2. The first-order valence-electron chi connectivity index (χ1n) is 6.78. The summed E-state index contributed by atoms with van der Waals surface area (Å²) >= 11 is 0. The van der Waals surface area contributed by atoms with Gasteiger partial charge in [-0.1, -0.05) is 30.3 Å². The lowest BCUT2D eigenvalue weighted by atomic mass is 9.85. The van der Waals surface area contributed by atoms with E-state index in [1.54, 1.807) is 4.90 Å². The largest absolute Gasteiger partial charge is 0.396 e. The number of nitrogens with zero attached hydrogens (tertiary/aromatic N) is 1. The maximum Gasteiger partial charge on any atom is 0.224 e. The lowest BCUT2D eigenvalue weighted by Crippen LogP contribution is -2.47. The minimum absolute atomic E-state index is 0.0238. The van der Waals surface area contributed by atoms with E-state index in [9.17, 15) is 9.90 Å². The molecule has 0 aliphatic carbocycles. The number of benzene rings is 1. The van der Waals surface area contributed by atoms with Crippen LogP contribution in [0.2, 0.25) is 0 Å². The summed E-state index contributed by atoms with van der Waals surface area (Å²) in [5.74, 6) is -0.0238. The second-order valence-corrected chi connectivity index (χ2v) is 5.24. The minimum atomic E-state index is -0.711. The Hall–Kier alpha value is -1.39. The van der Waals surface area contributed by atoms with E-state index in [2.05, 4.69) is 0 Å². The Morgan fingerprint density at radius 1 is 1.21 bits per heavy atom. The third-order valence-electron chi connectivity index (χ3n) is 3.75. The zero-order valence-electron chi connectivity index (χ0n) is 11.1. The van der Waals surface area contributed by atoms with Crippen molar-refractivity contribution in [3.63, 3.8) is 0 Å². The average molecular weight is 263 g/mol. The molecule has 0 saturated carbocycles. The molecule has 19 heavy (non-hydrogen) atoms. The molecule has 104 valence electrons. The summed E-state index contributed by atoms with van der Waals surface area (Å²) in [6.07, 6.45) is 2.01. The van der Waals surface area contributed by atoms with Crippen LogP contribution in [-0.4, -0.2) is 46.3 Å². The van der Waals surface area contributed by atoms with Crippen LogP contribution in [0.4, 0.5) is 0 Å². The molecule has 0 radical (unpaired) electrons. The fourth-order valence-electron chi connectivity index (χ4n) is 2.58. The first kappa shape index (κ1) is 14.0. The highest BCUT2D eigenvalue weighted by Gasteiger charge is 2.33. The molecule has 1 amide bonds. The van der Waals surface area contributed by atoms with Gasteiger partial charge in [-0.2, -0.15) is 0 Å². The Balaban J connectivity index is 1.89. The Morgan fingerprint density at radius 3 is 2.42 bits per heavy atom. The second-order valence-electron chi connectivity index (χ2n) is 5.24. The van der Waals surface area contributed by atoms with Crippen molar-refractivity contribution in [3.05, 3.63) is 35.9 Å². The van der Waals surface area contributed by atoms with Crippen LogP contribution in [0, 0.1) is 0 Å². The van der Waals surface area contributed by atoms with Gasteiger partial charge >= 0.3 is 0 Å². The summed E-state index contributed by atoms with van der Waals surface area (Å²) in [6.45, 7) is 1.04. The molecule has 1 fully saturated rings. The lowest BCUT2D eigenvalue weighted by Gasteiger charge is -2.38. The third kappa shape index (κ3) is 3.78. The van der Waals surface area contributed by atoms with Gasteiger partial charge in [-0.25, -0.2) is 0 Å². The summed E-state index contributed by atoms with van der Waals surface area (Å²) in [6, 6.07) is 9.93. The van der Waals surface area contributed by atoms with Crippen molar-refractivity contribution in [3.8, 4) is 0 Å². The molecule has 2 N–H and O–H groups in total. The maximum atomic E-state index is 11.7. The van der Waals surface area contributed by atoms with E-state index in [0.717, 1.165) is 5.56 Å². The molecule has 4 heteroatoms. The van der Waals surface area contributed by atoms with E-state index in [1.165, 1.54) is 0 Å². The molecule has 1 aromatic rings. The summed E-state index contributed by atoms with van der Waals surface area (Å²) < 4.78 is 0. The monoisotopic (exact) mass is 263 g/mol. The highest BCUT2D eigenvalue weighted by Crippen LogP contribution is 2.26. The van der Waals surface area contributed by atoms with Crippen LogP contribution in [-0.2, 0) is 11.2 Å². The first-order chi connectivity index (χ1) is 9.13. The van der Waals surface area contributed by atoms with Gasteiger partial charge in [0, 0.05) is 25.9 Å². The number of carbonyl (C=O) groups is 1. The van der Waals surface area contributed by atoms with Crippen molar-refractivity contribution in [2.45, 2.75) is 31.3 Å². The fourth-order valence-corrected chi connectivity index (χ4v) is 2.58. The summed E-state index contributed by atoms with van der Waals surface area (Å²) in [5, 5.41) is 19.3. The topological polar surface area (TPSA) is 60.8 Å². The predicted molar refractivity (Wildman–Crippen MR) is 72.6 cm³/mol. The van der Waals surface area contributed by atoms with Gasteiger partial charge in [0.15, 0.2) is 0 Å². The van der Waals surface area contributed by atoms with E-state index >= 15 is 0 Å². The van der Waals surface area contributed by atoms with Crippen molar-refractivity contribution >= 4 is 5.91 Å². The summed E-state index contributed by atoms with van der Waals surface area (Å²) in [7, 11) is 0. The molecule has 0 atom stereocenters. The third-order valence-corrected chi connectivity index (χ3v) is 3.75. The van der Waals surface area contributed by atoms with Crippen LogP contribution >= 0.6 is 0 Å². The van der Waals surface area contributed by atoms with Gasteiger partial charge in [-0.3, -0.25) is 4.79 Å². The van der Waals surface area contributed by atoms with E-state index in [4.69, 9.17) is 5.11 Å². The molecule has 1 heterocycles. The first-order valence-corrected chi connectivity index (χ1v) is 6.78. The van der Waals surface area contributed by atoms with Gasteiger partial charge < -0.3 is 15.1 Å². The lowest BCUT2D eigenvalue weighted by molar-refractivity contribution is -0.136. The van der Waals surface area contributed by atoms with Gasteiger partial charge in [0.1, 0.15) is 0 Å². The van der Waals surface area contributed by atoms with Crippen molar-refractivity contribution in [1.29, 1.82) is 0 Å². The maximum absolute atomic E-state index is 11.7. The van der Waals surface area contributed by atoms with Crippen molar-refractivity contribution in [2.24, 2.45) is 0 Å². The molecule has 2 rings (SSSR count). The van der Waals surface area contributed by atoms with Crippen LogP contribution in [0.5, 0.6) is 0 Å². The number of aliphatic hydroxyl groups excluding tert-OH is 1. The minimum Gasteiger partial charge on any atom is -0.396 e. The smallest absolute Gasteiger partial charge is 0.224 e. The molecule has 0 bridgehead atoms. The Labute approximate surface area is 113 Å². The quantitative estimate of drug-likeness (QED) is 0.851. The second kappa shape index (κ2) is 6.17. The van der Waals surface area contributed by atoms with Crippen LogP contribution in [0.1, 0.15) is 24.8 Å². The highest BCUT2D eigenvalue weighted by atomic mass is 16.3. The number of piperidine rings is 1. The number of hydrogen-bond donors (Lipinski definition) is 2. The van der Waals surface area contributed by atoms with Gasteiger partial charge in [0.25, 0.3) is 0 Å². The molecular weight excluding hydrogens is 242 g/mol. The number of aliphatic hydroxyl groups is 2. The van der Waals surface area contributed by atoms with Crippen LogP contribution in [0.25, 0.3) is 0 Å². The Morgan fingerprint density at radius 2 is 1.84 bits per heavy atom. The van der Waals surface area contributed by atoms with E-state index in [-0.39, 0.29) is 18.9 Å². The Kier molecular flexibility index (Phi) is 4.56. The number of carbonyl (C=O) groups excluding carboxylic acids is 1. The average Bonchev–Trinajstić information content (AvgIpc) is 2.40. The molecule has 1 aliphatic heterocycles. The summed E-state index contributed by atoms with van der Waals surface area (Å²) in [5.41, 5.74) is 0.414. The number of rotatable bonds is 4. The molecule has 0 unspecified atom stereocenters. The van der Waals surface area contributed by atoms with Crippen LogP contribution < -0.4 is 0 Å². The molecule has 0 aromatic heterocycles. The van der Waals surface area contributed by atoms with E-state index in [0.29, 0.717) is 32.4 Å². The molecule has 1 aliphatic rings. The predicted octanol–water partition coefficient (Wildman–Crippen LogP) is 0.965. The van der Waals surface area contributed by atoms with E-state index in [1.807, 2.05) is 30.3 Å². The van der Waals surface area contributed by atoms with Gasteiger partial charge in [0.05, 0.1) is 12.2 Å². The zero-order valence-corrected chi connectivity index (χ0v) is 11.1. The van der Waals surface area contributed by atoms with E-state index < -0.39 is 5.60 Å². The molecular formula is C15H21NO3. The number of likely N-dealkylation sites (tertiary alicyclic amines) is 1. The molecule has 4 nitrogen and oxygen atoms in total. The van der Waals surface area contributed by atoms with Crippen LogP contribution in [0.3, 0.4) is 0 Å². The van der Waals surface area contributed by atoms with Gasteiger partial charge in [-0.05, 0) is 18.4 Å². The highest BCUT2D eigenvalue weighted by molar-refractivity contribution is 5.76. The van der Waals surface area contributed by atoms with Crippen molar-refractivity contribution < 1.29 is 15.0 Å². The Bertz CT molecular complexity index is 411. The number of amides is 1. The van der Waals surface area contributed by atoms with Crippen LogP contribution in [0.15, 0.2) is 30.3 Å². The van der Waals surface area contributed by atoms with Gasteiger partial charge in [0.2, 0.25) is 5.91 Å². The van der Waals surface area contributed by atoms with Crippen molar-refractivity contribution in [2.75, 3.05) is 19.7 Å². The number of hydrogen-bond acceptors (Lipinski definition) is 3. The zero-order chi connectivity index (χ0) is 13.7. The molecule has 1 saturated heterocycles. The molecule has 1 aromatic carbocycles. The summed E-state index contributed by atoms with van der Waals surface area (Å²) in [4.78, 5) is 13.4.